The fraction of sp³-hybridized carbons (Fsp3) is 0. The highest BCUT2D eigenvalue weighted by Gasteiger charge is 2.09. The Bertz CT molecular complexity index is 1590. The fourth-order valence-electron chi connectivity index (χ4n) is 4.27. The molecule has 3 nitrogen and oxygen atoms in total. The standard InChI is InChI=1S/C30H21N3/c1-3-12-26-22(9-1)18-25(20-27(26)30-14-5-6-17-31-30)32-24-11-7-10-23(19-24)29-16-15-21-8-2-4-13-28(21)33-29/h1-20,32H. The van der Waals surface area contributed by atoms with Crippen LogP contribution in [0.15, 0.2) is 121 Å². The lowest BCUT2D eigenvalue weighted by Gasteiger charge is -2.13. The molecular formula is C30H21N3. The summed E-state index contributed by atoms with van der Waals surface area (Å²) in [4.78, 5) is 9.44. The first-order chi connectivity index (χ1) is 16.3. The molecule has 6 aromatic rings. The minimum absolute atomic E-state index is 0.963. The first-order valence-electron chi connectivity index (χ1n) is 11.0. The van der Waals surface area contributed by atoms with Crippen LogP contribution < -0.4 is 5.32 Å². The summed E-state index contributed by atoms with van der Waals surface area (Å²) < 4.78 is 0. The predicted octanol–water partition coefficient (Wildman–Crippen LogP) is 7.86. The van der Waals surface area contributed by atoms with Gasteiger partial charge in [0.2, 0.25) is 0 Å². The van der Waals surface area contributed by atoms with Gasteiger partial charge >= 0.3 is 0 Å². The van der Waals surface area contributed by atoms with Gasteiger partial charge in [-0.15, -0.1) is 0 Å². The number of hydrogen-bond donors (Lipinski definition) is 1. The molecule has 6 rings (SSSR count). The summed E-state index contributed by atoms with van der Waals surface area (Å²) in [5.74, 6) is 0. The average Bonchev–Trinajstić information content (AvgIpc) is 2.88. The normalized spacial score (nSPS) is 11.0. The quantitative estimate of drug-likeness (QED) is 0.314. The van der Waals surface area contributed by atoms with E-state index in [9.17, 15) is 0 Å². The Labute approximate surface area is 192 Å². The fourth-order valence-corrected chi connectivity index (χ4v) is 4.27. The molecule has 0 bridgehead atoms. The maximum Gasteiger partial charge on any atom is 0.0710 e. The van der Waals surface area contributed by atoms with Gasteiger partial charge in [0.1, 0.15) is 0 Å². The number of rotatable bonds is 4. The van der Waals surface area contributed by atoms with Crippen LogP contribution in [0.25, 0.3) is 44.2 Å². The van der Waals surface area contributed by atoms with Crippen molar-refractivity contribution < 1.29 is 0 Å². The van der Waals surface area contributed by atoms with Gasteiger partial charge in [0, 0.05) is 34.1 Å². The molecule has 0 radical (unpaired) electrons. The molecule has 0 unspecified atom stereocenters. The van der Waals surface area contributed by atoms with E-state index in [0.717, 1.165) is 44.8 Å². The van der Waals surface area contributed by atoms with E-state index in [2.05, 4.69) is 101 Å². The second-order valence-corrected chi connectivity index (χ2v) is 8.05. The van der Waals surface area contributed by atoms with E-state index in [4.69, 9.17) is 4.98 Å². The molecule has 2 aromatic heterocycles. The van der Waals surface area contributed by atoms with E-state index < -0.39 is 0 Å². The highest BCUT2D eigenvalue weighted by molar-refractivity contribution is 5.99. The van der Waals surface area contributed by atoms with Crippen LogP contribution in [-0.2, 0) is 0 Å². The lowest BCUT2D eigenvalue weighted by atomic mass is 10.0. The summed E-state index contributed by atoms with van der Waals surface area (Å²) in [5.41, 5.74) is 7.17. The van der Waals surface area contributed by atoms with Crippen molar-refractivity contribution in [1.29, 1.82) is 0 Å². The smallest absolute Gasteiger partial charge is 0.0710 e. The van der Waals surface area contributed by atoms with Gasteiger partial charge < -0.3 is 5.32 Å². The molecule has 1 N–H and O–H groups in total. The van der Waals surface area contributed by atoms with E-state index in [1.165, 1.54) is 10.8 Å². The Hall–Kier alpha value is -4.50. The second kappa shape index (κ2) is 8.21. The number of benzene rings is 4. The largest absolute Gasteiger partial charge is 0.355 e. The molecule has 0 spiro atoms. The summed E-state index contributed by atoms with van der Waals surface area (Å²) in [5, 5.41) is 7.11. The molecule has 33 heavy (non-hydrogen) atoms. The van der Waals surface area contributed by atoms with Crippen LogP contribution in [0.1, 0.15) is 0 Å². The lowest BCUT2D eigenvalue weighted by Crippen LogP contribution is -1.94. The summed E-state index contributed by atoms with van der Waals surface area (Å²) >= 11 is 0. The zero-order valence-electron chi connectivity index (χ0n) is 17.9. The number of nitrogens with zero attached hydrogens (tertiary/aromatic N) is 2. The molecular weight excluding hydrogens is 402 g/mol. The monoisotopic (exact) mass is 423 g/mol. The Morgan fingerprint density at radius 2 is 1.39 bits per heavy atom. The third-order valence-electron chi connectivity index (χ3n) is 5.85. The zero-order chi connectivity index (χ0) is 22.0. The maximum atomic E-state index is 4.85. The van der Waals surface area contributed by atoms with Gasteiger partial charge in [-0.1, -0.05) is 66.7 Å². The van der Waals surface area contributed by atoms with Gasteiger partial charge in [0.15, 0.2) is 0 Å². The molecule has 0 atom stereocenters. The predicted molar refractivity (Wildman–Crippen MR) is 138 cm³/mol. The molecule has 0 aliphatic heterocycles. The van der Waals surface area contributed by atoms with Crippen molar-refractivity contribution in [2.24, 2.45) is 0 Å². The highest BCUT2D eigenvalue weighted by atomic mass is 14.9. The van der Waals surface area contributed by atoms with Crippen molar-refractivity contribution in [3.8, 4) is 22.5 Å². The van der Waals surface area contributed by atoms with Gasteiger partial charge in [-0.25, -0.2) is 4.98 Å². The Morgan fingerprint density at radius 3 is 2.30 bits per heavy atom. The van der Waals surface area contributed by atoms with Gasteiger partial charge in [0.25, 0.3) is 0 Å². The third-order valence-corrected chi connectivity index (χ3v) is 5.85. The first-order valence-corrected chi connectivity index (χ1v) is 11.0. The minimum atomic E-state index is 0.963. The molecule has 0 amide bonds. The minimum Gasteiger partial charge on any atom is -0.355 e. The molecule has 156 valence electrons. The van der Waals surface area contributed by atoms with Crippen molar-refractivity contribution in [3.63, 3.8) is 0 Å². The first kappa shape index (κ1) is 19.2. The van der Waals surface area contributed by atoms with Crippen LogP contribution in [0.3, 0.4) is 0 Å². The van der Waals surface area contributed by atoms with Crippen molar-refractivity contribution in [2.45, 2.75) is 0 Å². The molecule has 3 heteroatoms. The van der Waals surface area contributed by atoms with Crippen molar-refractivity contribution >= 4 is 33.1 Å². The van der Waals surface area contributed by atoms with Crippen LogP contribution in [-0.4, -0.2) is 9.97 Å². The molecule has 0 aliphatic carbocycles. The average molecular weight is 424 g/mol. The zero-order valence-corrected chi connectivity index (χ0v) is 17.9. The number of pyridine rings is 2. The molecule has 0 fully saturated rings. The van der Waals surface area contributed by atoms with Gasteiger partial charge in [-0.2, -0.15) is 0 Å². The number of fused-ring (bicyclic) bond motifs is 2. The van der Waals surface area contributed by atoms with Crippen LogP contribution in [0, 0.1) is 0 Å². The summed E-state index contributed by atoms with van der Waals surface area (Å²) in [7, 11) is 0. The Balaban J connectivity index is 1.39. The maximum absolute atomic E-state index is 4.85. The number of para-hydroxylation sites is 1. The van der Waals surface area contributed by atoms with Crippen LogP contribution in [0.2, 0.25) is 0 Å². The SMILES string of the molecule is c1ccc(-c2cc(Nc3cccc(-c4ccc5ccccc5n4)c3)cc3ccccc23)nc1. The van der Waals surface area contributed by atoms with E-state index in [1.54, 1.807) is 0 Å². The van der Waals surface area contributed by atoms with Gasteiger partial charge in [-0.05, 0) is 59.3 Å². The molecule has 0 aliphatic rings. The van der Waals surface area contributed by atoms with Crippen LogP contribution in [0.5, 0.6) is 0 Å². The van der Waals surface area contributed by atoms with Crippen LogP contribution >= 0.6 is 0 Å². The number of aromatic nitrogens is 2. The van der Waals surface area contributed by atoms with E-state index in [0.29, 0.717) is 0 Å². The van der Waals surface area contributed by atoms with Crippen molar-refractivity contribution in [2.75, 3.05) is 5.32 Å². The number of anilines is 2. The topological polar surface area (TPSA) is 37.8 Å². The number of hydrogen-bond acceptors (Lipinski definition) is 3. The van der Waals surface area contributed by atoms with Gasteiger partial charge in [-0.3, -0.25) is 4.98 Å². The molecule has 0 saturated carbocycles. The second-order valence-electron chi connectivity index (χ2n) is 8.05. The van der Waals surface area contributed by atoms with Gasteiger partial charge in [0.05, 0.1) is 16.9 Å². The summed E-state index contributed by atoms with van der Waals surface area (Å²) in [6.45, 7) is 0. The summed E-state index contributed by atoms with van der Waals surface area (Å²) in [6, 6.07) is 39.6. The van der Waals surface area contributed by atoms with Crippen LogP contribution in [0.4, 0.5) is 11.4 Å². The number of nitrogens with one attached hydrogen (secondary N) is 1. The lowest BCUT2D eigenvalue weighted by molar-refractivity contribution is 1.33. The molecule has 4 aromatic carbocycles. The molecule has 2 heterocycles. The van der Waals surface area contributed by atoms with E-state index in [-0.39, 0.29) is 0 Å². The third kappa shape index (κ3) is 3.81. The highest BCUT2D eigenvalue weighted by Crippen LogP contribution is 2.33. The Kier molecular flexibility index (Phi) is 4.78. The summed E-state index contributed by atoms with van der Waals surface area (Å²) in [6.07, 6.45) is 1.84. The van der Waals surface area contributed by atoms with E-state index in [1.807, 2.05) is 30.5 Å². The molecule has 0 saturated heterocycles. The van der Waals surface area contributed by atoms with Crippen molar-refractivity contribution in [3.05, 3.63) is 121 Å². The Morgan fingerprint density at radius 1 is 0.545 bits per heavy atom. The van der Waals surface area contributed by atoms with Crippen molar-refractivity contribution in [1.82, 2.24) is 9.97 Å². The van der Waals surface area contributed by atoms with E-state index >= 15 is 0 Å².